The van der Waals surface area contributed by atoms with Gasteiger partial charge in [-0.25, -0.2) is 5.84 Å². The smallest absolute Gasteiger partial charge is 0.209 e. The van der Waals surface area contributed by atoms with Crippen LogP contribution in [-0.2, 0) is 6.42 Å². The lowest BCUT2D eigenvalue weighted by Gasteiger charge is -2.13. The van der Waals surface area contributed by atoms with Gasteiger partial charge in [-0.15, -0.1) is 0 Å². The second-order valence-corrected chi connectivity index (χ2v) is 4.16. The van der Waals surface area contributed by atoms with Gasteiger partial charge in [0.1, 0.15) is 0 Å². The van der Waals surface area contributed by atoms with Crippen molar-refractivity contribution in [1.29, 1.82) is 0 Å². The van der Waals surface area contributed by atoms with Crippen LogP contribution in [0.3, 0.4) is 0 Å². The molecule has 0 aliphatic carbocycles. The standard InChI is InChI=1S/C15H18N4/c1-17-15(19-16)18-14-10-6-5-9-13(14)11-12-7-3-2-4-8-12/h2-10H,11,16H2,1H3,(H2,17,18,19). The average Bonchev–Trinajstić information content (AvgIpc) is 2.47. The van der Waals surface area contributed by atoms with Crippen molar-refractivity contribution in [2.45, 2.75) is 6.42 Å². The molecule has 2 rings (SSSR count). The van der Waals surface area contributed by atoms with Crippen LogP contribution in [0.15, 0.2) is 59.6 Å². The summed E-state index contributed by atoms with van der Waals surface area (Å²) in [6, 6.07) is 18.5. The molecule has 0 fully saturated rings. The summed E-state index contributed by atoms with van der Waals surface area (Å²) in [7, 11) is 1.68. The van der Waals surface area contributed by atoms with E-state index >= 15 is 0 Å². The monoisotopic (exact) mass is 254 g/mol. The number of hydrazine groups is 1. The molecule has 0 heterocycles. The molecular formula is C15H18N4. The summed E-state index contributed by atoms with van der Waals surface area (Å²) < 4.78 is 0. The molecular weight excluding hydrogens is 236 g/mol. The minimum absolute atomic E-state index is 0.542. The van der Waals surface area contributed by atoms with Crippen LogP contribution in [0.4, 0.5) is 5.69 Å². The molecule has 4 N–H and O–H groups in total. The van der Waals surface area contributed by atoms with Crippen molar-refractivity contribution >= 4 is 11.6 Å². The number of rotatable bonds is 3. The third-order valence-electron chi connectivity index (χ3n) is 2.87. The fraction of sp³-hybridized carbons (Fsp3) is 0.133. The van der Waals surface area contributed by atoms with Crippen LogP contribution in [0.25, 0.3) is 0 Å². The van der Waals surface area contributed by atoms with Gasteiger partial charge in [-0.1, -0.05) is 48.5 Å². The van der Waals surface area contributed by atoms with E-state index in [4.69, 9.17) is 5.84 Å². The lowest BCUT2D eigenvalue weighted by atomic mass is 10.0. The minimum atomic E-state index is 0.542. The number of guanidine groups is 1. The topological polar surface area (TPSA) is 62.4 Å². The number of aliphatic imine (C=N–C) groups is 1. The van der Waals surface area contributed by atoms with Gasteiger partial charge >= 0.3 is 0 Å². The Balaban J connectivity index is 2.21. The SMILES string of the molecule is CN=C(NN)Nc1ccccc1Cc1ccccc1. The van der Waals surface area contributed by atoms with E-state index in [0.29, 0.717) is 5.96 Å². The van der Waals surface area contributed by atoms with Gasteiger partial charge in [0, 0.05) is 12.7 Å². The molecule has 2 aromatic rings. The number of anilines is 1. The van der Waals surface area contributed by atoms with Crippen LogP contribution < -0.4 is 16.6 Å². The molecule has 0 radical (unpaired) electrons. The van der Waals surface area contributed by atoms with Gasteiger partial charge in [0.05, 0.1) is 0 Å². The highest BCUT2D eigenvalue weighted by Gasteiger charge is 2.04. The number of para-hydroxylation sites is 1. The third-order valence-corrected chi connectivity index (χ3v) is 2.87. The van der Waals surface area contributed by atoms with Crippen molar-refractivity contribution in [3.05, 3.63) is 65.7 Å². The zero-order valence-electron chi connectivity index (χ0n) is 10.9. The molecule has 0 spiro atoms. The van der Waals surface area contributed by atoms with Gasteiger partial charge in [-0.05, 0) is 23.6 Å². The minimum Gasteiger partial charge on any atom is -0.325 e. The molecule has 0 atom stereocenters. The summed E-state index contributed by atoms with van der Waals surface area (Å²) >= 11 is 0. The van der Waals surface area contributed by atoms with Gasteiger partial charge in [-0.2, -0.15) is 0 Å². The molecule has 0 saturated heterocycles. The highest BCUT2D eigenvalue weighted by molar-refractivity contribution is 5.93. The Labute approximate surface area is 113 Å². The number of hydrogen-bond acceptors (Lipinski definition) is 2. The van der Waals surface area contributed by atoms with Crippen LogP contribution >= 0.6 is 0 Å². The lowest BCUT2D eigenvalue weighted by Crippen LogP contribution is -2.36. The first-order chi connectivity index (χ1) is 9.33. The molecule has 0 saturated carbocycles. The molecule has 0 unspecified atom stereocenters. The van der Waals surface area contributed by atoms with Crippen molar-refractivity contribution in [3.63, 3.8) is 0 Å². The maximum absolute atomic E-state index is 5.39. The quantitative estimate of drug-likeness (QED) is 0.340. The highest BCUT2D eigenvalue weighted by atomic mass is 15.3. The summed E-state index contributed by atoms with van der Waals surface area (Å²) in [4.78, 5) is 4.02. The van der Waals surface area contributed by atoms with E-state index in [1.165, 1.54) is 11.1 Å². The second-order valence-electron chi connectivity index (χ2n) is 4.16. The van der Waals surface area contributed by atoms with E-state index in [2.05, 4.69) is 33.9 Å². The maximum Gasteiger partial charge on any atom is 0.209 e. The van der Waals surface area contributed by atoms with E-state index in [1.54, 1.807) is 7.05 Å². The van der Waals surface area contributed by atoms with Gasteiger partial charge in [0.2, 0.25) is 5.96 Å². The second kappa shape index (κ2) is 6.56. The van der Waals surface area contributed by atoms with Crippen molar-refractivity contribution in [1.82, 2.24) is 5.43 Å². The molecule has 4 heteroatoms. The first-order valence-electron chi connectivity index (χ1n) is 6.15. The maximum atomic E-state index is 5.39. The fourth-order valence-electron chi connectivity index (χ4n) is 1.90. The van der Waals surface area contributed by atoms with Crippen LogP contribution in [0, 0.1) is 0 Å². The number of nitrogens with one attached hydrogen (secondary N) is 2. The van der Waals surface area contributed by atoms with E-state index in [9.17, 15) is 0 Å². The molecule has 19 heavy (non-hydrogen) atoms. The van der Waals surface area contributed by atoms with Gasteiger partial charge in [0.15, 0.2) is 0 Å². The van der Waals surface area contributed by atoms with Gasteiger partial charge in [-0.3, -0.25) is 10.4 Å². The number of hydrogen-bond donors (Lipinski definition) is 3. The number of nitrogens with two attached hydrogens (primary N) is 1. The average molecular weight is 254 g/mol. The molecule has 0 bridgehead atoms. The van der Waals surface area contributed by atoms with Crippen molar-refractivity contribution < 1.29 is 0 Å². The first-order valence-corrected chi connectivity index (χ1v) is 6.15. The fourth-order valence-corrected chi connectivity index (χ4v) is 1.90. The lowest BCUT2D eigenvalue weighted by molar-refractivity contribution is 1.01. The first kappa shape index (κ1) is 13.1. The molecule has 4 nitrogen and oxygen atoms in total. The van der Waals surface area contributed by atoms with Crippen LogP contribution in [-0.4, -0.2) is 13.0 Å². The molecule has 98 valence electrons. The Hall–Kier alpha value is -2.33. The Morgan fingerprint density at radius 1 is 1.05 bits per heavy atom. The van der Waals surface area contributed by atoms with Crippen molar-refractivity contribution in [3.8, 4) is 0 Å². The Morgan fingerprint density at radius 2 is 1.74 bits per heavy atom. The number of nitrogens with zero attached hydrogens (tertiary/aromatic N) is 1. The summed E-state index contributed by atoms with van der Waals surface area (Å²) in [5.74, 6) is 5.93. The van der Waals surface area contributed by atoms with Crippen LogP contribution in [0.2, 0.25) is 0 Å². The van der Waals surface area contributed by atoms with Crippen molar-refractivity contribution in [2.24, 2.45) is 10.8 Å². The van der Waals surface area contributed by atoms with E-state index in [0.717, 1.165) is 12.1 Å². The van der Waals surface area contributed by atoms with E-state index < -0.39 is 0 Å². The predicted molar refractivity (Wildman–Crippen MR) is 80.0 cm³/mol. The van der Waals surface area contributed by atoms with E-state index in [-0.39, 0.29) is 0 Å². The largest absolute Gasteiger partial charge is 0.325 e. The highest BCUT2D eigenvalue weighted by Crippen LogP contribution is 2.18. The summed E-state index contributed by atoms with van der Waals surface area (Å²) in [5, 5.41) is 3.18. The Kier molecular flexibility index (Phi) is 4.53. The van der Waals surface area contributed by atoms with Crippen LogP contribution in [0.1, 0.15) is 11.1 Å². The Bertz CT molecular complexity index is 549. The molecule has 0 aliphatic rings. The molecule has 0 aliphatic heterocycles. The van der Waals surface area contributed by atoms with Gasteiger partial charge in [0.25, 0.3) is 0 Å². The molecule has 0 aromatic heterocycles. The van der Waals surface area contributed by atoms with Crippen LogP contribution in [0.5, 0.6) is 0 Å². The van der Waals surface area contributed by atoms with Crippen molar-refractivity contribution in [2.75, 3.05) is 12.4 Å². The predicted octanol–water partition coefficient (Wildman–Crippen LogP) is 2.14. The summed E-state index contributed by atoms with van der Waals surface area (Å²) in [6.45, 7) is 0. The third kappa shape index (κ3) is 3.56. The zero-order chi connectivity index (χ0) is 13.5. The zero-order valence-corrected chi connectivity index (χ0v) is 10.9. The summed E-state index contributed by atoms with van der Waals surface area (Å²) in [5.41, 5.74) is 6.00. The summed E-state index contributed by atoms with van der Waals surface area (Å²) in [6.07, 6.45) is 0.867. The van der Waals surface area contributed by atoms with E-state index in [1.807, 2.05) is 36.4 Å². The Morgan fingerprint density at radius 3 is 2.42 bits per heavy atom. The molecule has 0 amide bonds. The molecule has 2 aromatic carbocycles. The van der Waals surface area contributed by atoms with Gasteiger partial charge < -0.3 is 5.32 Å². The normalized spacial score (nSPS) is 11.2. The number of benzene rings is 2.